The van der Waals surface area contributed by atoms with Crippen LogP contribution in [-0.2, 0) is 11.8 Å². The van der Waals surface area contributed by atoms with Gasteiger partial charge in [-0.05, 0) is 24.8 Å². The number of hydrogen-bond acceptors (Lipinski definition) is 2. The zero-order chi connectivity index (χ0) is 8.62. The van der Waals surface area contributed by atoms with E-state index in [2.05, 4.69) is 18.7 Å². The molecular formula is C4H14NO3PS. The molecule has 0 unspecified atom stereocenters. The van der Waals surface area contributed by atoms with E-state index in [0.717, 1.165) is 6.54 Å². The summed E-state index contributed by atoms with van der Waals surface area (Å²) in [7, 11) is 0. The molecule has 10 heavy (non-hydrogen) atoms. The molecule has 0 spiro atoms. The van der Waals surface area contributed by atoms with Crippen molar-refractivity contribution in [1.29, 1.82) is 0 Å². The standard InChI is InChI=1S/C4H11N.H3O3PS/c1-2-3-4-5;1-4(2,3)5/h2-5H2,1H3;(H3,1,2,3,5). The predicted octanol–water partition coefficient (Wildman–Crippen LogP) is -0.0670. The molecule has 0 aliphatic rings. The average molecular weight is 187 g/mol. The summed E-state index contributed by atoms with van der Waals surface area (Å²) >= 11 is 3.60. The molecule has 4 nitrogen and oxygen atoms in total. The van der Waals surface area contributed by atoms with E-state index in [1.165, 1.54) is 12.8 Å². The highest BCUT2D eigenvalue weighted by Gasteiger charge is 1.92. The Kier molecular flexibility index (Phi) is 9.96. The van der Waals surface area contributed by atoms with E-state index in [4.69, 9.17) is 20.4 Å². The van der Waals surface area contributed by atoms with Gasteiger partial charge in [0.15, 0.2) is 0 Å². The third kappa shape index (κ3) is 76.8. The minimum Gasteiger partial charge on any atom is -0.330 e. The SMILES string of the molecule is CCCCN.OP(O)(O)=S. The maximum absolute atomic E-state index is 7.56. The smallest absolute Gasteiger partial charge is 0.319 e. The fraction of sp³-hybridized carbons (Fsp3) is 1.00. The topological polar surface area (TPSA) is 86.7 Å². The van der Waals surface area contributed by atoms with Crippen molar-refractivity contribution in [3.8, 4) is 0 Å². The zero-order valence-corrected chi connectivity index (χ0v) is 7.61. The summed E-state index contributed by atoms with van der Waals surface area (Å²) in [5.41, 5.74) is 5.14. The fourth-order valence-electron chi connectivity index (χ4n) is 0.204. The van der Waals surface area contributed by atoms with Crippen LogP contribution in [0.4, 0.5) is 0 Å². The van der Waals surface area contributed by atoms with Crippen molar-refractivity contribution in [1.82, 2.24) is 0 Å². The Balaban J connectivity index is 0. The van der Waals surface area contributed by atoms with E-state index in [1.54, 1.807) is 0 Å². The fourth-order valence-corrected chi connectivity index (χ4v) is 0.204. The molecule has 0 heterocycles. The Morgan fingerprint density at radius 3 is 1.70 bits per heavy atom. The highest BCUT2D eigenvalue weighted by molar-refractivity contribution is 8.06. The molecule has 0 aliphatic carbocycles. The summed E-state index contributed by atoms with van der Waals surface area (Å²) in [5, 5.41) is 0. The van der Waals surface area contributed by atoms with Crippen molar-refractivity contribution in [2.75, 3.05) is 6.54 Å². The third-order valence-corrected chi connectivity index (χ3v) is 0.558. The molecule has 0 aromatic rings. The largest absolute Gasteiger partial charge is 0.330 e. The van der Waals surface area contributed by atoms with Crippen molar-refractivity contribution < 1.29 is 14.7 Å². The monoisotopic (exact) mass is 187 g/mol. The van der Waals surface area contributed by atoms with E-state index in [0.29, 0.717) is 0 Å². The van der Waals surface area contributed by atoms with Gasteiger partial charge >= 0.3 is 6.72 Å². The first-order valence-electron chi connectivity index (χ1n) is 2.90. The van der Waals surface area contributed by atoms with E-state index < -0.39 is 6.72 Å². The second-order valence-electron chi connectivity index (χ2n) is 1.66. The minimum absolute atomic E-state index is 0.844. The predicted molar refractivity (Wildman–Crippen MR) is 44.9 cm³/mol. The van der Waals surface area contributed by atoms with Crippen LogP contribution in [0.25, 0.3) is 0 Å². The van der Waals surface area contributed by atoms with E-state index in [9.17, 15) is 0 Å². The molecule has 5 N–H and O–H groups in total. The molecule has 0 saturated carbocycles. The van der Waals surface area contributed by atoms with Crippen LogP contribution < -0.4 is 5.73 Å². The lowest BCUT2D eigenvalue weighted by atomic mass is 10.3. The van der Waals surface area contributed by atoms with Gasteiger partial charge in [-0.1, -0.05) is 13.3 Å². The Hall–Kier alpha value is 0.490. The maximum Gasteiger partial charge on any atom is 0.319 e. The normalized spacial score (nSPS) is 10.1. The summed E-state index contributed by atoms with van der Waals surface area (Å²) in [6, 6.07) is 0. The molecule has 0 amide bonds. The van der Waals surface area contributed by atoms with Crippen LogP contribution in [0.1, 0.15) is 19.8 Å². The van der Waals surface area contributed by atoms with Gasteiger partial charge in [-0.25, -0.2) is 0 Å². The summed E-state index contributed by atoms with van der Waals surface area (Å²) in [4.78, 5) is 22.7. The van der Waals surface area contributed by atoms with Crippen LogP contribution in [0.15, 0.2) is 0 Å². The Morgan fingerprint density at radius 1 is 1.40 bits per heavy atom. The van der Waals surface area contributed by atoms with Gasteiger partial charge < -0.3 is 20.4 Å². The number of unbranched alkanes of at least 4 members (excludes halogenated alkanes) is 1. The van der Waals surface area contributed by atoms with Crippen LogP contribution in [0.3, 0.4) is 0 Å². The summed E-state index contributed by atoms with van der Waals surface area (Å²) in [5.74, 6) is 0. The first-order valence-corrected chi connectivity index (χ1v) is 5.56. The van der Waals surface area contributed by atoms with Crippen molar-refractivity contribution >= 4 is 18.5 Å². The summed E-state index contributed by atoms with van der Waals surface area (Å²) in [6.07, 6.45) is 2.39. The van der Waals surface area contributed by atoms with E-state index >= 15 is 0 Å². The van der Waals surface area contributed by atoms with Crippen molar-refractivity contribution in [3.63, 3.8) is 0 Å². The van der Waals surface area contributed by atoms with Crippen LogP contribution >= 0.6 is 6.72 Å². The molecular weight excluding hydrogens is 173 g/mol. The average Bonchev–Trinajstić information content (AvgIpc) is 1.63. The van der Waals surface area contributed by atoms with Gasteiger partial charge in [-0.15, -0.1) is 0 Å². The highest BCUT2D eigenvalue weighted by Crippen LogP contribution is 2.26. The number of hydrogen-bond donors (Lipinski definition) is 4. The molecule has 0 bridgehead atoms. The Morgan fingerprint density at radius 2 is 1.70 bits per heavy atom. The van der Waals surface area contributed by atoms with E-state index in [-0.39, 0.29) is 0 Å². The van der Waals surface area contributed by atoms with Gasteiger partial charge in [0, 0.05) is 0 Å². The molecule has 64 valence electrons. The first-order chi connectivity index (χ1) is 4.41. The molecule has 0 saturated heterocycles. The first kappa shape index (κ1) is 13.1. The van der Waals surface area contributed by atoms with Gasteiger partial charge in [-0.3, -0.25) is 0 Å². The molecule has 0 rings (SSSR count). The second-order valence-corrected chi connectivity index (χ2v) is 4.15. The quantitative estimate of drug-likeness (QED) is 0.455. The lowest BCUT2D eigenvalue weighted by molar-refractivity contribution is 0.363. The van der Waals surface area contributed by atoms with Gasteiger partial charge in [0.1, 0.15) is 0 Å². The van der Waals surface area contributed by atoms with Crippen LogP contribution in [-0.4, -0.2) is 21.2 Å². The van der Waals surface area contributed by atoms with Crippen LogP contribution in [0.5, 0.6) is 0 Å². The second kappa shape index (κ2) is 7.60. The molecule has 0 fully saturated rings. The van der Waals surface area contributed by atoms with Gasteiger partial charge in [0.2, 0.25) is 0 Å². The molecule has 0 radical (unpaired) electrons. The van der Waals surface area contributed by atoms with Gasteiger partial charge in [0.05, 0.1) is 0 Å². The van der Waals surface area contributed by atoms with E-state index in [1.807, 2.05) is 0 Å². The zero-order valence-electron chi connectivity index (χ0n) is 5.90. The lowest BCUT2D eigenvalue weighted by Gasteiger charge is -1.88. The molecule has 0 atom stereocenters. The minimum atomic E-state index is -3.81. The van der Waals surface area contributed by atoms with Crippen LogP contribution in [0, 0.1) is 0 Å². The maximum atomic E-state index is 7.56. The van der Waals surface area contributed by atoms with Crippen molar-refractivity contribution in [3.05, 3.63) is 0 Å². The van der Waals surface area contributed by atoms with Gasteiger partial charge in [-0.2, -0.15) is 0 Å². The van der Waals surface area contributed by atoms with Crippen molar-refractivity contribution in [2.45, 2.75) is 19.8 Å². The summed E-state index contributed by atoms with van der Waals surface area (Å²) in [6.45, 7) is -0.830. The highest BCUT2D eigenvalue weighted by atomic mass is 32.5. The third-order valence-electron chi connectivity index (χ3n) is 0.558. The molecule has 0 aromatic heterocycles. The number of rotatable bonds is 2. The number of nitrogens with two attached hydrogens (primary N) is 1. The van der Waals surface area contributed by atoms with Gasteiger partial charge in [0.25, 0.3) is 0 Å². The molecule has 0 aromatic carbocycles. The van der Waals surface area contributed by atoms with Crippen LogP contribution in [0.2, 0.25) is 0 Å². The van der Waals surface area contributed by atoms with Crippen molar-refractivity contribution in [2.24, 2.45) is 5.73 Å². The molecule has 6 heteroatoms. The Labute approximate surface area is 65.9 Å². The molecule has 0 aliphatic heterocycles. The lowest BCUT2D eigenvalue weighted by Crippen LogP contribution is -1.95. The Bertz CT molecular complexity index is 94.4. The summed E-state index contributed by atoms with van der Waals surface area (Å²) < 4.78 is 0.